The van der Waals surface area contributed by atoms with E-state index < -0.39 is 6.04 Å². The molecule has 0 radical (unpaired) electrons. The molecular formula is C17H19FN2O. The average Bonchev–Trinajstić information content (AvgIpc) is 2.49. The van der Waals surface area contributed by atoms with E-state index in [2.05, 4.69) is 10.6 Å². The van der Waals surface area contributed by atoms with Gasteiger partial charge in [-0.3, -0.25) is 4.79 Å². The van der Waals surface area contributed by atoms with Crippen molar-refractivity contribution in [3.8, 4) is 0 Å². The summed E-state index contributed by atoms with van der Waals surface area (Å²) >= 11 is 0. The van der Waals surface area contributed by atoms with Gasteiger partial charge in [0.05, 0.1) is 0 Å². The van der Waals surface area contributed by atoms with E-state index in [1.165, 1.54) is 6.07 Å². The van der Waals surface area contributed by atoms with E-state index in [9.17, 15) is 9.18 Å². The summed E-state index contributed by atoms with van der Waals surface area (Å²) < 4.78 is 13.5. The highest BCUT2D eigenvalue weighted by molar-refractivity contribution is 5.84. The van der Waals surface area contributed by atoms with Crippen molar-refractivity contribution in [2.75, 3.05) is 5.32 Å². The molecule has 0 unspecified atom stereocenters. The van der Waals surface area contributed by atoms with Gasteiger partial charge >= 0.3 is 0 Å². The molecule has 2 aromatic carbocycles. The molecule has 2 N–H and O–H groups in total. The third-order valence-electron chi connectivity index (χ3n) is 3.26. The number of hydrogen-bond donors (Lipinski definition) is 2. The maximum atomic E-state index is 13.5. The number of halogens is 1. The predicted octanol–water partition coefficient (Wildman–Crippen LogP) is 3.25. The summed E-state index contributed by atoms with van der Waals surface area (Å²) in [4.78, 5) is 12.0. The van der Waals surface area contributed by atoms with Crippen LogP contribution < -0.4 is 10.6 Å². The summed E-state index contributed by atoms with van der Waals surface area (Å²) in [5, 5.41) is 5.84. The summed E-state index contributed by atoms with van der Waals surface area (Å²) in [6.45, 7) is 3.93. The minimum atomic E-state index is -0.434. The summed E-state index contributed by atoms with van der Waals surface area (Å²) in [7, 11) is 0. The van der Waals surface area contributed by atoms with Gasteiger partial charge in [0.1, 0.15) is 11.9 Å². The molecule has 3 nitrogen and oxygen atoms in total. The highest BCUT2D eigenvalue weighted by Crippen LogP contribution is 2.14. The quantitative estimate of drug-likeness (QED) is 0.886. The van der Waals surface area contributed by atoms with E-state index in [0.717, 1.165) is 5.56 Å². The summed E-state index contributed by atoms with van der Waals surface area (Å²) in [6.07, 6.45) is 0. The Morgan fingerprint density at radius 2 is 1.90 bits per heavy atom. The van der Waals surface area contributed by atoms with Crippen LogP contribution in [0, 0.1) is 12.7 Å². The predicted molar refractivity (Wildman–Crippen MR) is 82.5 cm³/mol. The van der Waals surface area contributed by atoms with Crippen LogP contribution in [-0.4, -0.2) is 11.9 Å². The van der Waals surface area contributed by atoms with Crippen molar-refractivity contribution in [3.05, 3.63) is 65.5 Å². The number of amides is 1. The van der Waals surface area contributed by atoms with Crippen LogP contribution in [0.4, 0.5) is 10.1 Å². The Morgan fingerprint density at radius 3 is 2.57 bits per heavy atom. The third-order valence-corrected chi connectivity index (χ3v) is 3.26. The molecule has 2 aromatic rings. The molecule has 0 bridgehead atoms. The van der Waals surface area contributed by atoms with Crippen LogP contribution in [0.25, 0.3) is 0 Å². The lowest BCUT2D eigenvalue weighted by Gasteiger charge is -2.15. The molecule has 0 heterocycles. The number of anilines is 1. The van der Waals surface area contributed by atoms with Crippen LogP contribution in [0.2, 0.25) is 0 Å². The average molecular weight is 286 g/mol. The lowest BCUT2D eigenvalue weighted by Crippen LogP contribution is -2.37. The lowest BCUT2D eigenvalue weighted by molar-refractivity contribution is -0.121. The number of aryl methyl sites for hydroxylation is 1. The van der Waals surface area contributed by atoms with Crippen molar-refractivity contribution in [1.82, 2.24) is 5.32 Å². The Labute approximate surface area is 124 Å². The van der Waals surface area contributed by atoms with Gasteiger partial charge in [0.15, 0.2) is 0 Å². The van der Waals surface area contributed by atoms with E-state index in [0.29, 0.717) is 17.8 Å². The highest BCUT2D eigenvalue weighted by atomic mass is 19.1. The van der Waals surface area contributed by atoms with Gasteiger partial charge in [-0.15, -0.1) is 0 Å². The fraction of sp³-hybridized carbons (Fsp3) is 0.235. The molecule has 0 saturated carbocycles. The van der Waals surface area contributed by atoms with Gasteiger partial charge in [0.2, 0.25) is 5.91 Å². The number of hydrogen-bond acceptors (Lipinski definition) is 2. The molecule has 0 saturated heterocycles. The minimum absolute atomic E-state index is 0.125. The largest absolute Gasteiger partial charge is 0.374 e. The first-order valence-corrected chi connectivity index (χ1v) is 6.90. The summed E-state index contributed by atoms with van der Waals surface area (Å²) in [6, 6.07) is 14.1. The van der Waals surface area contributed by atoms with Crippen molar-refractivity contribution in [1.29, 1.82) is 0 Å². The Bertz CT molecular complexity index is 613. The van der Waals surface area contributed by atoms with Crippen LogP contribution >= 0.6 is 0 Å². The monoisotopic (exact) mass is 286 g/mol. The molecular weight excluding hydrogens is 267 g/mol. The molecule has 21 heavy (non-hydrogen) atoms. The lowest BCUT2D eigenvalue weighted by atomic mass is 10.2. The molecule has 2 rings (SSSR count). The first-order valence-electron chi connectivity index (χ1n) is 6.90. The minimum Gasteiger partial charge on any atom is -0.374 e. The number of carbonyl (C=O) groups excluding carboxylic acids is 1. The standard InChI is InChI=1S/C17H19FN2O/c1-12-8-9-15(10-16(12)18)20-13(2)17(21)19-11-14-6-4-3-5-7-14/h3-10,13,20H,11H2,1-2H3,(H,19,21)/t13-/m1/s1. The maximum absolute atomic E-state index is 13.5. The van der Waals surface area contributed by atoms with Gasteiger partial charge in [-0.1, -0.05) is 36.4 Å². The normalized spacial score (nSPS) is 11.8. The van der Waals surface area contributed by atoms with Crippen LogP contribution in [0.3, 0.4) is 0 Å². The number of carbonyl (C=O) groups is 1. The van der Waals surface area contributed by atoms with E-state index in [-0.39, 0.29) is 11.7 Å². The van der Waals surface area contributed by atoms with E-state index in [1.54, 1.807) is 26.0 Å². The van der Waals surface area contributed by atoms with Crippen molar-refractivity contribution >= 4 is 11.6 Å². The second-order valence-corrected chi connectivity index (χ2v) is 5.03. The van der Waals surface area contributed by atoms with E-state index >= 15 is 0 Å². The number of rotatable bonds is 5. The molecule has 0 aliphatic carbocycles. The van der Waals surface area contributed by atoms with Gasteiger partial charge in [-0.25, -0.2) is 4.39 Å². The van der Waals surface area contributed by atoms with Crippen molar-refractivity contribution < 1.29 is 9.18 Å². The first-order chi connectivity index (χ1) is 10.1. The smallest absolute Gasteiger partial charge is 0.242 e. The van der Waals surface area contributed by atoms with Gasteiger partial charge < -0.3 is 10.6 Å². The van der Waals surface area contributed by atoms with Crippen LogP contribution in [-0.2, 0) is 11.3 Å². The highest BCUT2D eigenvalue weighted by Gasteiger charge is 2.12. The van der Waals surface area contributed by atoms with Gasteiger partial charge in [0, 0.05) is 12.2 Å². The van der Waals surface area contributed by atoms with Crippen LogP contribution in [0.1, 0.15) is 18.1 Å². The second-order valence-electron chi connectivity index (χ2n) is 5.03. The third kappa shape index (κ3) is 4.31. The molecule has 0 aliphatic heterocycles. The molecule has 0 aromatic heterocycles. The second kappa shape index (κ2) is 6.88. The van der Waals surface area contributed by atoms with Crippen LogP contribution in [0.15, 0.2) is 48.5 Å². The van der Waals surface area contributed by atoms with E-state index in [4.69, 9.17) is 0 Å². The van der Waals surface area contributed by atoms with Gasteiger partial charge in [0.25, 0.3) is 0 Å². The first kappa shape index (κ1) is 15.0. The van der Waals surface area contributed by atoms with Crippen LogP contribution in [0.5, 0.6) is 0 Å². The Morgan fingerprint density at radius 1 is 1.19 bits per heavy atom. The SMILES string of the molecule is Cc1ccc(N[C@H](C)C(=O)NCc2ccccc2)cc1F. The fourth-order valence-corrected chi connectivity index (χ4v) is 1.94. The Hall–Kier alpha value is -2.36. The molecule has 4 heteroatoms. The summed E-state index contributed by atoms with van der Waals surface area (Å²) in [5.41, 5.74) is 2.22. The summed E-state index contributed by atoms with van der Waals surface area (Å²) in [5.74, 6) is -0.406. The molecule has 0 aliphatic rings. The Balaban J connectivity index is 1.88. The molecule has 110 valence electrons. The van der Waals surface area contributed by atoms with E-state index in [1.807, 2.05) is 30.3 Å². The van der Waals surface area contributed by atoms with Crippen molar-refractivity contribution in [2.24, 2.45) is 0 Å². The van der Waals surface area contributed by atoms with Crippen molar-refractivity contribution in [3.63, 3.8) is 0 Å². The topological polar surface area (TPSA) is 41.1 Å². The number of benzene rings is 2. The zero-order valence-electron chi connectivity index (χ0n) is 12.2. The molecule has 1 amide bonds. The molecule has 1 atom stereocenters. The maximum Gasteiger partial charge on any atom is 0.242 e. The fourth-order valence-electron chi connectivity index (χ4n) is 1.94. The van der Waals surface area contributed by atoms with Gasteiger partial charge in [-0.05, 0) is 37.1 Å². The molecule has 0 fully saturated rings. The zero-order chi connectivity index (χ0) is 15.2. The zero-order valence-corrected chi connectivity index (χ0v) is 12.2. The molecule has 0 spiro atoms. The van der Waals surface area contributed by atoms with Crippen molar-refractivity contribution in [2.45, 2.75) is 26.4 Å². The number of nitrogens with one attached hydrogen (secondary N) is 2. The van der Waals surface area contributed by atoms with Gasteiger partial charge in [-0.2, -0.15) is 0 Å². The Kier molecular flexibility index (Phi) is 4.93.